The van der Waals surface area contributed by atoms with E-state index in [0.29, 0.717) is 19.4 Å². The Hall–Kier alpha value is -0.400. The number of carbonyl (C=O) groups excluding carboxylic acids is 1. The molecule has 0 spiro atoms. The number of rotatable bonds is 4. The molecule has 4 nitrogen and oxygen atoms in total. The first-order valence-electron chi connectivity index (χ1n) is 6.15. The van der Waals surface area contributed by atoms with Crippen molar-refractivity contribution in [3.05, 3.63) is 20.8 Å². The normalized spacial score (nSPS) is 21.5. The molecule has 1 aromatic rings. The molecule has 2 heterocycles. The molecule has 0 radical (unpaired) electrons. The number of likely N-dealkylation sites (N-methyl/N-ethyl adjacent to an activating group) is 1. The third kappa shape index (κ3) is 3.79. The summed E-state index contributed by atoms with van der Waals surface area (Å²) in [6.45, 7) is 2.46. The largest absolute Gasteiger partial charge is 0.339 e. The minimum Gasteiger partial charge on any atom is -0.339 e. The Morgan fingerprint density at radius 3 is 2.74 bits per heavy atom. The maximum atomic E-state index is 12.3. The topological polar surface area (TPSA) is 54.5 Å². The lowest BCUT2D eigenvalue weighted by molar-refractivity contribution is -0.132. The molecule has 1 aliphatic rings. The molecule has 106 valence electrons. The van der Waals surface area contributed by atoms with Crippen LogP contribution in [0.1, 0.15) is 18.2 Å². The molecule has 1 aliphatic heterocycles. The van der Waals surface area contributed by atoms with Crippen molar-refractivity contribution in [2.75, 3.05) is 18.1 Å². The average molecular weight is 366 g/mol. The van der Waals surface area contributed by atoms with Crippen LogP contribution in [-0.2, 0) is 21.1 Å². The average Bonchev–Trinajstić information content (AvgIpc) is 2.86. The zero-order valence-electron chi connectivity index (χ0n) is 10.6. The van der Waals surface area contributed by atoms with Crippen molar-refractivity contribution in [1.82, 2.24) is 4.90 Å². The van der Waals surface area contributed by atoms with Gasteiger partial charge in [-0.2, -0.15) is 0 Å². The first kappa shape index (κ1) is 15.0. The maximum absolute atomic E-state index is 12.3. The SMILES string of the molecule is CCN(C(=O)Cc1ccc(Br)s1)C1CCS(=O)(=O)C1. The van der Waals surface area contributed by atoms with Crippen molar-refractivity contribution in [2.45, 2.75) is 25.8 Å². The van der Waals surface area contributed by atoms with Gasteiger partial charge in [-0.25, -0.2) is 8.42 Å². The zero-order valence-corrected chi connectivity index (χ0v) is 13.9. The number of carbonyl (C=O) groups is 1. The lowest BCUT2D eigenvalue weighted by Crippen LogP contribution is -2.41. The Kier molecular flexibility index (Phi) is 4.68. The molecule has 0 N–H and O–H groups in total. The fraction of sp³-hybridized carbons (Fsp3) is 0.583. The summed E-state index contributed by atoms with van der Waals surface area (Å²) >= 11 is 4.91. The molecule has 0 saturated carbocycles. The molecule has 19 heavy (non-hydrogen) atoms. The summed E-state index contributed by atoms with van der Waals surface area (Å²) in [5.41, 5.74) is 0. The molecule has 0 aliphatic carbocycles. The highest BCUT2D eigenvalue weighted by Gasteiger charge is 2.33. The van der Waals surface area contributed by atoms with Gasteiger partial charge in [-0.3, -0.25) is 4.79 Å². The third-order valence-electron chi connectivity index (χ3n) is 3.26. The van der Waals surface area contributed by atoms with Gasteiger partial charge in [-0.1, -0.05) is 0 Å². The molecule has 2 rings (SSSR count). The lowest BCUT2D eigenvalue weighted by Gasteiger charge is -2.26. The molecule has 7 heteroatoms. The third-order valence-corrected chi connectivity index (χ3v) is 6.64. The second-order valence-corrected chi connectivity index (χ2v) is 9.40. The van der Waals surface area contributed by atoms with Crippen LogP contribution >= 0.6 is 27.3 Å². The number of halogens is 1. The fourth-order valence-electron chi connectivity index (χ4n) is 2.36. The van der Waals surface area contributed by atoms with Crippen LogP contribution in [0.2, 0.25) is 0 Å². The van der Waals surface area contributed by atoms with E-state index < -0.39 is 9.84 Å². The van der Waals surface area contributed by atoms with E-state index in [2.05, 4.69) is 15.9 Å². The number of hydrogen-bond acceptors (Lipinski definition) is 4. The standard InChI is InChI=1S/C12H16BrNO3S2/c1-2-14(9-5-6-19(16,17)8-9)12(15)7-10-3-4-11(13)18-10/h3-4,9H,2,5-8H2,1H3. The Bertz CT molecular complexity index is 567. The van der Waals surface area contributed by atoms with Gasteiger partial charge < -0.3 is 4.90 Å². The maximum Gasteiger partial charge on any atom is 0.228 e. The first-order valence-corrected chi connectivity index (χ1v) is 9.58. The van der Waals surface area contributed by atoms with Gasteiger partial charge in [0, 0.05) is 17.5 Å². The molecule has 0 aromatic carbocycles. The quantitative estimate of drug-likeness (QED) is 0.820. The van der Waals surface area contributed by atoms with Gasteiger partial charge in [0.2, 0.25) is 5.91 Å². The number of nitrogens with zero attached hydrogens (tertiary/aromatic N) is 1. The summed E-state index contributed by atoms with van der Waals surface area (Å²) in [7, 11) is -2.95. The molecule has 1 aromatic heterocycles. The van der Waals surface area contributed by atoms with Crippen LogP contribution in [0.5, 0.6) is 0 Å². The highest BCUT2D eigenvalue weighted by Crippen LogP contribution is 2.24. The van der Waals surface area contributed by atoms with Crippen molar-refractivity contribution in [3.8, 4) is 0 Å². The van der Waals surface area contributed by atoms with E-state index in [1.165, 1.54) is 11.3 Å². The summed E-state index contributed by atoms with van der Waals surface area (Å²) < 4.78 is 24.0. The molecular formula is C12H16BrNO3S2. The van der Waals surface area contributed by atoms with Crippen molar-refractivity contribution in [1.29, 1.82) is 0 Å². The Morgan fingerprint density at radius 2 is 2.26 bits per heavy atom. The van der Waals surface area contributed by atoms with Gasteiger partial charge in [0.25, 0.3) is 0 Å². The summed E-state index contributed by atoms with van der Waals surface area (Å²) in [4.78, 5) is 15.0. The summed E-state index contributed by atoms with van der Waals surface area (Å²) in [6.07, 6.45) is 0.913. The van der Waals surface area contributed by atoms with E-state index in [0.717, 1.165) is 8.66 Å². The minimum atomic E-state index is -2.95. The monoisotopic (exact) mass is 365 g/mol. The number of sulfone groups is 1. The predicted molar refractivity (Wildman–Crippen MR) is 80.2 cm³/mol. The number of thiophene rings is 1. The van der Waals surface area contributed by atoms with Gasteiger partial charge in [0.05, 0.1) is 21.7 Å². The van der Waals surface area contributed by atoms with E-state index in [1.807, 2.05) is 19.1 Å². The molecule has 1 saturated heterocycles. The smallest absolute Gasteiger partial charge is 0.228 e. The molecule has 1 fully saturated rings. The van der Waals surface area contributed by atoms with Crippen molar-refractivity contribution >= 4 is 43.0 Å². The molecule has 0 bridgehead atoms. The molecule has 1 atom stereocenters. The predicted octanol–water partition coefficient (Wildman–Crippen LogP) is 2.09. The lowest BCUT2D eigenvalue weighted by atomic mass is 10.2. The second-order valence-electron chi connectivity index (χ2n) is 4.62. The highest BCUT2D eigenvalue weighted by molar-refractivity contribution is 9.11. The van der Waals surface area contributed by atoms with Crippen molar-refractivity contribution < 1.29 is 13.2 Å². The van der Waals surface area contributed by atoms with Gasteiger partial charge >= 0.3 is 0 Å². The fourth-order valence-corrected chi connectivity index (χ4v) is 5.56. The number of hydrogen-bond donors (Lipinski definition) is 0. The van der Waals surface area contributed by atoms with Gasteiger partial charge in [-0.15, -0.1) is 11.3 Å². The second kappa shape index (κ2) is 5.93. The molecular weight excluding hydrogens is 350 g/mol. The van der Waals surface area contributed by atoms with Crippen LogP contribution in [0, 0.1) is 0 Å². The van der Waals surface area contributed by atoms with Crippen molar-refractivity contribution in [3.63, 3.8) is 0 Å². The van der Waals surface area contributed by atoms with Crippen LogP contribution in [0.3, 0.4) is 0 Å². The van der Waals surface area contributed by atoms with E-state index in [9.17, 15) is 13.2 Å². The van der Waals surface area contributed by atoms with Gasteiger partial charge in [-0.05, 0) is 41.4 Å². The van der Waals surface area contributed by atoms with Gasteiger partial charge in [0.15, 0.2) is 9.84 Å². The van der Waals surface area contributed by atoms with E-state index in [1.54, 1.807) is 4.90 Å². The van der Waals surface area contributed by atoms with E-state index in [4.69, 9.17) is 0 Å². The summed E-state index contributed by atoms with van der Waals surface area (Å²) in [5.74, 6) is 0.325. The van der Waals surface area contributed by atoms with Gasteiger partial charge in [0.1, 0.15) is 0 Å². The first-order chi connectivity index (χ1) is 8.91. The van der Waals surface area contributed by atoms with Crippen LogP contribution in [0.25, 0.3) is 0 Å². The van der Waals surface area contributed by atoms with Crippen LogP contribution < -0.4 is 0 Å². The summed E-state index contributed by atoms with van der Waals surface area (Å²) in [5, 5.41) is 0. The Morgan fingerprint density at radius 1 is 1.53 bits per heavy atom. The molecule has 1 amide bonds. The van der Waals surface area contributed by atoms with Crippen LogP contribution in [-0.4, -0.2) is 43.3 Å². The Balaban J connectivity index is 2.03. The highest BCUT2D eigenvalue weighted by atomic mass is 79.9. The molecule has 1 unspecified atom stereocenters. The van der Waals surface area contributed by atoms with Crippen LogP contribution in [0.15, 0.2) is 15.9 Å². The number of amides is 1. The summed E-state index contributed by atoms with van der Waals surface area (Å²) in [6, 6.07) is 3.70. The van der Waals surface area contributed by atoms with E-state index >= 15 is 0 Å². The van der Waals surface area contributed by atoms with Crippen LogP contribution in [0.4, 0.5) is 0 Å². The Labute approximate surface area is 125 Å². The zero-order chi connectivity index (χ0) is 14.0. The minimum absolute atomic E-state index is 0.0129. The van der Waals surface area contributed by atoms with Crippen molar-refractivity contribution in [2.24, 2.45) is 0 Å². The van der Waals surface area contributed by atoms with E-state index in [-0.39, 0.29) is 23.5 Å².